The normalized spacial score (nSPS) is 16.4. The summed E-state index contributed by atoms with van der Waals surface area (Å²) < 4.78 is 2.14. The summed E-state index contributed by atoms with van der Waals surface area (Å²) in [7, 11) is 0. The number of nitrogens with one attached hydrogen (secondary N) is 2. The molecule has 1 fully saturated rings. The average molecular weight is 518 g/mol. The Morgan fingerprint density at radius 3 is 2.74 bits per heavy atom. The van der Waals surface area contributed by atoms with Crippen LogP contribution in [0.25, 0.3) is 11.7 Å². The van der Waals surface area contributed by atoms with Crippen molar-refractivity contribution in [3.05, 3.63) is 83.0 Å². The van der Waals surface area contributed by atoms with E-state index in [-0.39, 0.29) is 36.8 Å². The molecule has 0 radical (unpaired) electrons. The second kappa shape index (κ2) is 12.5. The molecule has 5 rings (SSSR count). The van der Waals surface area contributed by atoms with E-state index in [0.29, 0.717) is 5.92 Å². The van der Waals surface area contributed by atoms with Gasteiger partial charge in [-0.3, -0.25) is 9.20 Å². The smallest absolute Gasteiger partial charge is 0.244 e. The molecule has 2 aliphatic rings. The van der Waals surface area contributed by atoms with E-state index in [2.05, 4.69) is 56.4 Å². The summed E-state index contributed by atoms with van der Waals surface area (Å²) in [5.41, 5.74) is 3.32. The van der Waals surface area contributed by atoms with Crippen LogP contribution in [-0.4, -0.2) is 34.4 Å². The molecule has 0 spiro atoms. The summed E-state index contributed by atoms with van der Waals surface area (Å²) >= 11 is 1.66. The van der Waals surface area contributed by atoms with Crippen LogP contribution in [0.1, 0.15) is 30.5 Å². The maximum absolute atomic E-state index is 12.9. The Morgan fingerprint density at radius 2 is 1.94 bits per heavy atom. The Kier molecular flexibility index (Phi) is 9.65. The maximum Gasteiger partial charge on any atom is 0.244 e. The van der Waals surface area contributed by atoms with Crippen molar-refractivity contribution in [1.29, 1.82) is 0 Å². The third kappa shape index (κ3) is 6.25. The van der Waals surface area contributed by atoms with Gasteiger partial charge >= 0.3 is 0 Å². The first-order chi connectivity index (χ1) is 15.8. The Morgan fingerprint density at radius 1 is 1.15 bits per heavy atom. The number of allylic oxidation sites excluding steroid dienone is 1. The Bertz CT molecular complexity index is 1160. The molecule has 3 aromatic rings. The van der Waals surface area contributed by atoms with Crippen LogP contribution in [0.4, 0.5) is 0 Å². The minimum atomic E-state index is -0.0135. The molecule has 1 unspecified atom stereocenters. The van der Waals surface area contributed by atoms with Gasteiger partial charge in [0.25, 0.3) is 0 Å². The molecule has 2 N–H and O–H groups in total. The van der Waals surface area contributed by atoms with Gasteiger partial charge in [0, 0.05) is 17.0 Å². The molecular weight excluding hydrogens is 487 g/mol. The lowest BCUT2D eigenvalue weighted by Crippen LogP contribution is -2.44. The predicted octanol–water partition coefficient (Wildman–Crippen LogP) is 5.30. The molecule has 1 saturated heterocycles. The molecular formula is C26H30Cl2N4OS. The van der Waals surface area contributed by atoms with E-state index in [0.717, 1.165) is 60.0 Å². The summed E-state index contributed by atoms with van der Waals surface area (Å²) in [4.78, 5) is 18.4. The zero-order chi connectivity index (χ0) is 21.8. The molecule has 0 aliphatic carbocycles. The number of aromatic nitrogens is 2. The van der Waals surface area contributed by atoms with E-state index in [1.54, 1.807) is 17.8 Å². The predicted molar refractivity (Wildman–Crippen MR) is 145 cm³/mol. The van der Waals surface area contributed by atoms with Crippen molar-refractivity contribution < 1.29 is 4.79 Å². The van der Waals surface area contributed by atoms with E-state index >= 15 is 0 Å². The van der Waals surface area contributed by atoms with Gasteiger partial charge in [-0.1, -0.05) is 48.2 Å². The first-order valence-corrected chi connectivity index (χ1v) is 12.2. The molecule has 5 nitrogen and oxygen atoms in total. The Labute approximate surface area is 217 Å². The quantitative estimate of drug-likeness (QED) is 0.418. The first kappa shape index (κ1) is 26.4. The third-order valence-electron chi connectivity index (χ3n) is 6.30. The van der Waals surface area contributed by atoms with Gasteiger partial charge in [0.2, 0.25) is 5.91 Å². The number of piperidine rings is 1. The van der Waals surface area contributed by atoms with Gasteiger partial charge in [-0.2, -0.15) is 0 Å². The van der Waals surface area contributed by atoms with Crippen LogP contribution in [0.2, 0.25) is 0 Å². The first-order valence-electron chi connectivity index (χ1n) is 11.4. The number of nitrogens with zero attached hydrogens (tertiary/aromatic N) is 2. The number of benzene rings is 1. The largest absolute Gasteiger partial charge is 0.350 e. The maximum atomic E-state index is 12.9. The molecule has 8 heteroatoms. The summed E-state index contributed by atoms with van der Waals surface area (Å²) in [6.07, 6.45) is 11.7. The van der Waals surface area contributed by atoms with Crippen LogP contribution >= 0.6 is 36.6 Å². The summed E-state index contributed by atoms with van der Waals surface area (Å²) in [5, 5.41) is 7.88. The molecule has 1 aromatic carbocycles. The van der Waals surface area contributed by atoms with Gasteiger partial charge in [-0.25, -0.2) is 4.98 Å². The number of amides is 1. The number of hydrogen-bond donors (Lipinski definition) is 2. The highest BCUT2D eigenvalue weighted by Gasteiger charge is 2.24. The van der Waals surface area contributed by atoms with Gasteiger partial charge in [0.05, 0.1) is 16.9 Å². The topological polar surface area (TPSA) is 58.4 Å². The van der Waals surface area contributed by atoms with Crippen molar-refractivity contribution in [1.82, 2.24) is 20.0 Å². The third-order valence-corrected chi connectivity index (χ3v) is 7.32. The molecule has 2 aliphatic heterocycles. The number of aryl methyl sites for hydroxylation is 1. The zero-order valence-corrected chi connectivity index (χ0v) is 21.3. The highest BCUT2D eigenvalue weighted by molar-refractivity contribution is 8.03. The molecule has 34 heavy (non-hydrogen) atoms. The lowest BCUT2D eigenvalue weighted by Gasteiger charge is -2.31. The number of thioether (sulfide) groups is 1. The lowest BCUT2D eigenvalue weighted by atomic mass is 9.86. The number of imidazole rings is 1. The van der Waals surface area contributed by atoms with E-state index in [4.69, 9.17) is 0 Å². The average Bonchev–Trinajstić information content (AvgIpc) is 3.26. The molecule has 2 aromatic heterocycles. The van der Waals surface area contributed by atoms with Gasteiger partial charge in [-0.05, 0) is 74.5 Å². The van der Waals surface area contributed by atoms with Crippen molar-refractivity contribution in [2.45, 2.75) is 36.8 Å². The number of pyridine rings is 1. The summed E-state index contributed by atoms with van der Waals surface area (Å²) in [6, 6.07) is 16.8. The number of carbonyl (C=O) groups excluding carboxylic acids is 1. The molecule has 4 heterocycles. The molecule has 0 bridgehead atoms. The van der Waals surface area contributed by atoms with Crippen molar-refractivity contribution in [3.63, 3.8) is 0 Å². The molecule has 1 amide bonds. The number of rotatable bonds is 7. The minimum absolute atomic E-state index is 0. The van der Waals surface area contributed by atoms with E-state index in [1.807, 2.05) is 30.5 Å². The minimum Gasteiger partial charge on any atom is -0.350 e. The Hall–Kier alpha value is -2.25. The van der Waals surface area contributed by atoms with Gasteiger partial charge in [-0.15, -0.1) is 24.8 Å². The zero-order valence-electron chi connectivity index (χ0n) is 18.9. The highest BCUT2D eigenvalue weighted by atomic mass is 35.5. The molecule has 0 saturated carbocycles. The number of hydrogen-bond acceptors (Lipinski definition) is 4. The fourth-order valence-electron chi connectivity index (χ4n) is 4.62. The second-order valence-corrected chi connectivity index (χ2v) is 9.54. The molecule has 1 atom stereocenters. The Balaban J connectivity index is 0.00000162. The van der Waals surface area contributed by atoms with Crippen LogP contribution in [-0.2, 0) is 11.2 Å². The van der Waals surface area contributed by atoms with Crippen LogP contribution in [0, 0.1) is 5.92 Å². The number of halogens is 2. The van der Waals surface area contributed by atoms with Crippen LogP contribution in [0.5, 0.6) is 0 Å². The van der Waals surface area contributed by atoms with Crippen molar-refractivity contribution in [3.8, 4) is 0 Å². The van der Waals surface area contributed by atoms with Gasteiger partial charge in [0.1, 0.15) is 5.65 Å². The van der Waals surface area contributed by atoms with Gasteiger partial charge in [0.15, 0.2) is 0 Å². The van der Waals surface area contributed by atoms with Crippen LogP contribution in [0.15, 0.2) is 76.8 Å². The van der Waals surface area contributed by atoms with Crippen molar-refractivity contribution in [2.75, 3.05) is 13.1 Å². The van der Waals surface area contributed by atoms with E-state index in [9.17, 15) is 4.79 Å². The van der Waals surface area contributed by atoms with Crippen molar-refractivity contribution >= 4 is 54.2 Å². The van der Waals surface area contributed by atoms with Crippen LogP contribution < -0.4 is 10.6 Å². The summed E-state index contributed by atoms with van der Waals surface area (Å²) in [5.74, 6) is 0.507. The highest BCUT2D eigenvalue weighted by Crippen LogP contribution is 2.34. The van der Waals surface area contributed by atoms with Crippen LogP contribution in [0.3, 0.4) is 0 Å². The standard InChI is InChI=1S/C26H28N4OS.2ClH/c31-25(12-10-22-17-21-18-28-24-7-4-8-26(32-22)30(21)24)29-23(20-13-15-27-16-14-20)11-9-19-5-2-1-3-6-19;;/h1-8,10,12,17-18,20,23,27H,9,11,13-16H2,(H,29,31);2*1H. The van der Waals surface area contributed by atoms with Gasteiger partial charge < -0.3 is 10.6 Å². The molecule has 180 valence electrons. The fraction of sp³-hybridized carbons (Fsp3) is 0.308. The fourth-order valence-corrected chi connectivity index (χ4v) is 5.61. The number of carbonyl (C=O) groups is 1. The van der Waals surface area contributed by atoms with E-state index in [1.165, 1.54) is 5.56 Å². The SMILES string of the molecule is Cl.Cl.O=C(C=CC1=Cc2cnc3cccc(n23)S1)NC(CCc1ccccc1)C1CCNCC1. The van der Waals surface area contributed by atoms with E-state index < -0.39 is 0 Å². The summed E-state index contributed by atoms with van der Waals surface area (Å²) in [6.45, 7) is 2.06. The van der Waals surface area contributed by atoms with Crippen molar-refractivity contribution in [2.24, 2.45) is 5.92 Å². The second-order valence-electron chi connectivity index (χ2n) is 8.45. The lowest BCUT2D eigenvalue weighted by molar-refractivity contribution is -0.117. The monoisotopic (exact) mass is 516 g/mol.